The summed E-state index contributed by atoms with van der Waals surface area (Å²) in [5, 5.41) is 3.51. The van der Waals surface area contributed by atoms with Crippen molar-refractivity contribution >= 4 is 52.5 Å². The maximum atomic E-state index is 12.3. The first-order valence-electron chi connectivity index (χ1n) is 5.62. The fourth-order valence-corrected chi connectivity index (χ4v) is 2.79. The van der Waals surface area contributed by atoms with E-state index in [1.54, 1.807) is 17.0 Å². The minimum absolute atomic E-state index is 0.101. The third-order valence-electron chi connectivity index (χ3n) is 2.87. The molecule has 1 heterocycles. The first-order chi connectivity index (χ1) is 8.63. The van der Waals surface area contributed by atoms with Gasteiger partial charge in [0.15, 0.2) is 0 Å². The van der Waals surface area contributed by atoms with Crippen molar-refractivity contribution in [1.29, 1.82) is 0 Å². The molecule has 0 atom stereocenters. The number of thiocarbonyl (C=S) groups is 1. The third-order valence-corrected chi connectivity index (χ3v) is 3.59. The van der Waals surface area contributed by atoms with Crippen molar-refractivity contribution in [2.24, 2.45) is 0 Å². The average molecular weight is 303 g/mol. The zero-order valence-corrected chi connectivity index (χ0v) is 11.9. The van der Waals surface area contributed by atoms with Gasteiger partial charge in [0.05, 0.1) is 21.1 Å². The van der Waals surface area contributed by atoms with Crippen LogP contribution in [0.1, 0.15) is 23.2 Å². The predicted octanol–water partition coefficient (Wildman–Crippen LogP) is 3.60. The van der Waals surface area contributed by atoms with Gasteiger partial charge in [-0.05, 0) is 25.0 Å². The Labute approximate surface area is 121 Å². The first-order valence-corrected chi connectivity index (χ1v) is 6.84. The Hall–Kier alpha value is -0.840. The SMILES string of the molecule is O=C(c1c(Cl)cc(NC=S)cc1Cl)N1CCCC1. The Morgan fingerprint density at radius 3 is 2.33 bits per heavy atom. The monoisotopic (exact) mass is 302 g/mol. The van der Waals surface area contributed by atoms with Crippen molar-refractivity contribution in [2.75, 3.05) is 18.4 Å². The van der Waals surface area contributed by atoms with E-state index in [4.69, 9.17) is 35.4 Å². The quantitative estimate of drug-likeness (QED) is 0.866. The van der Waals surface area contributed by atoms with Crippen LogP contribution in [0, 0.1) is 0 Å². The first kappa shape index (κ1) is 13.6. The van der Waals surface area contributed by atoms with Crippen LogP contribution in [0.4, 0.5) is 5.69 Å². The van der Waals surface area contributed by atoms with Gasteiger partial charge in [0.2, 0.25) is 0 Å². The van der Waals surface area contributed by atoms with Crippen molar-refractivity contribution < 1.29 is 4.79 Å². The van der Waals surface area contributed by atoms with Gasteiger partial charge in [0.25, 0.3) is 5.91 Å². The highest BCUT2D eigenvalue weighted by molar-refractivity contribution is 7.79. The largest absolute Gasteiger partial charge is 0.353 e. The smallest absolute Gasteiger partial charge is 0.256 e. The third kappa shape index (κ3) is 2.76. The summed E-state index contributed by atoms with van der Waals surface area (Å²) in [5.74, 6) is -0.101. The molecule has 0 saturated carbocycles. The molecule has 1 N–H and O–H groups in total. The molecule has 96 valence electrons. The Morgan fingerprint density at radius 2 is 1.83 bits per heavy atom. The minimum Gasteiger partial charge on any atom is -0.353 e. The Balaban J connectivity index is 2.32. The van der Waals surface area contributed by atoms with E-state index in [2.05, 4.69) is 5.32 Å². The summed E-state index contributed by atoms with van der Waals surface area (Å²) in [6.45, 7) is 1.54. The van der Waals surface area contributed by atoms with E-state index in [0.717, 1.165) is 25.9 Å². The molecule has 0 aromatic heterocycles. The molecule has 1 aromatic carbocycles. The van der Waals surface area contributed by atoms with Crippen LogP contribution >= 0.6 is 35.4 Å². The number of halogens is 2. The lowest BCUT2D eigenvalue weighted by atomic mass is 10.1. The second-order valence-corrected chi connectivity index (χ2v) is 5.13. The maximum Gasteiger partial charge on any atom is 0.256 e. The highest BCUT2D eigenvalue weighted by Gasteiger charge is 2.24. The van der Waals surface area contributed by atoms with E-state index in [9.17, 15) is 4.79 Å². The Bertz CT molecular complexity index is 464. The summed E-state index contributed by atoms with van der Waals surface area (Å²) in [6.07, 6.45) is 2.07. The summed E-state index contributed by atoms with van der Waals surface area (Å²) in [6, 6.07) is 3.30. The van der Waals surface area contributed by atoms with E-state index in [1.165, 1.54) is 5.49 Å². The molecular formula is C12H12Cl2N2OS. The highest BCUT2D eigenvalue weighted by Crippen LogP contribution is 2.30. The standard InChI is InChI=1S/C12H12Cl2N2OS/c13-9-5-8(15-7-18)6-10(14)11(9)12(17)16-3-1-2-4-16/h5-7H,1-4H2,(H,15,18). The number of hydrogen-bond acceptors (Lipinski definition) is 2. The average Bonchev–Trinajstić information content (AvgIpc) is 2.81. The second kappa shape index (κ2) is 5.87. The van der Waals surface area contributed by atoms with Crippen LogP contribution in [0.25, 0.3) is 0 Å². The zero-order valence-electron chi connectivity index (χ0n) is 9.58. The van der Waals surface area contributed by atoms with Crippen LogP contribution in [0.5, 0.6) is 0 Å². The molecule has 1 aromatic rings. The normalized spacial score (nSPS) is 14.7. The number of hydrogen-bond donors (Lipinski definition) is 1. The molecule has 1 aliphatic rings. The van der Waals surface area contributed by atoms with Gasteiger partial charge in [-0.25, -0.2) is 0 Å². The number of anilines is 1. The number of nitrogens with one attached hydrogen (secondary N) is 1. The summed E-state index contributed by atoms with van der Waals surface area (Å²) >= 11 is 16.9. The molecule has 1 aliphatic heterocycles. The number of nitrogens with zero attached hydrogens (tertiary/aromatic N) is 1. The molecular weight excluding hydrogens is 291 g/mol. The molecule has 1 saturated heterocycles. The number of carbonyl (C=O) groups excluding carboxylic acids is 1. The van der Waals surface area contributed by atoms with Crippen molar-refractivity contribution in [3.63, 3.8) is 0 Å². The van der Waals surface area contributed by atoms with Crippen LogP contribution in [0.3, 0.4) is 0 Å². The molecule has 6 heteroatoms. The number of amides is 1. The maximum absolute atomic E-state index is 12.3. The molecule has 1 amide bonds. The van der Waals surface area contributed by atoms with E-state index in [1.807, 2.05) is 0 Å². The number of rotatable bonds is 3. The summed E-state index contributed by atoms with van der Waals surface area (Å²) in [4.78, 5) is 14.0. The van der Waals surface area contributed by atoms with Gasteiger partial charge in [0.1, 0.15) is 0 Å². The molecule has 0 spiro atoms. The number of carbonyl (C=O) groups is 1. The lowest BCUT2D eigenvalue weighted by Crippen LogP contribution is -2.28. The van der Waals surface area contributed by atoms with Gasteiger partial charge < -0.3 is 10.2 Å². The fraction of sp³-hybridized carbons (Fsp3) is 0.333. The molecule has 0 aliphatic carbocycles. The molecule has 18 heavy (non-hydrogen) atoms. The summed E-state index contributed by atoms with van der Waals surface area (Å²) < 4.78 is 0. The van der Waals surface area contributed by atoms with Crippen molar-refractivity contribution in [3.05, 3.63) is 27.7 Å². The van der Waals surface area contributed by atoms with Gasteiger partial charge in [-0.3, -0.25) is 4.79 Å². The number of likely N-dealkylation sites (tertiary alicyclic amines) is 1. The van der Waals surface area contributed by atoms with Gasteiger partial charge in [-0.1, -0.05) is 35.4 Å². The van der Waals surface area contributed by atoms with Crippen LogP contribution in [-0.4, -0.2) is 29.4 Å². The lowest BCUT2D eigenvalue weighted by molar-refractivity contribution is 0.0793. The fourth-order valence-electron chi connectivity index (χ4n) is 2.01. The van der Waals surface area contributed by atoms with Crippen LogP contribution < -0.4 is 5.32 Å². The van der Waals surface area contributed by atoms with E-state index in [-0.39, 0.29) is 5.91 Å². The molecule has 1 fully saturated rings. The van der Waals surface area contributed by atoms with E-state index < -0.39 is 0 Å². The van der Waals surface area contributed by atoms with E-state index >= 15 is 0 Å². The second-order valence-electron chi connectivity index (χ2n) is 4.08. The Kier molecular flexibility index (Phi) is 4.43. The van der Waals surface area contributed by atoms with Crippen molar-refractivity contribution in [2.45, 2.75) is 12.8 Å². The molecule has 2 rings (SSSR count). The lowest BCUT2D eigenvalue weighted by Gasteiger charge is -2.17. The van der Waals surface area contributed by atoms with Gasteiger partial charge in [-0.2, -0.15) is 0 Å². The van der Waals surface area contributed by atoms with Crippen LogP contribution in [0.15, 0.2) is 12.1 Å². The summed E-state index contributed by atoms with van der Waals surface area (Å²) in [7, 11) is 0. The molecule has 3 nitrogen and oxygen atoms in total. The van der Waals surface area contributed by atoms with Crippen LogP contribution in [0.2, 0.25) is 10.0 Å². The van der Waals surface area contributed by atoms with Crippen molar-refractivity contribution in [1.82, 2.24) is 4.90 Å². The molecule has 0 bridgehead atoms. The van der Waals surface area contributed by atoms with Crippen molar-refractivity contribution in [3.8, 4) is 0 Å². The molecule has 0 radical (unpaired) electrons. The van der Waals surface area contributed by atoms with Gasteiger partial charge in [0, 0.05) is 18.8 Å². The van der Waals surface area contributed by atoms with Gasteiger partial charge >= 0.3 is 0 Å². The Morgan fingerprint density at radius 1 is 1.28 bits per heavy atom. The van der Waals surface area contributed by atoms with Crippen LogP contribution in [-0.2, 0) is 0 Å². The van der Waals surface area contributed by atoms with E-state index in [0.29, 0.717) is 21.3 Å². The minimum atomic E-state index is -0.101. The highest BCUT2D eigenvalue weighted by atomic mass is 35.5. The zero-order chi connectivity index (χ0) is 13.1. The van der Waals surface area contributed by atoms with Gasteiger partial charge in [-0.15, -0.1) is 0 Å². The molecule has 0 unspecified atom stereocenters. The predicted molar refractivity (Wildman–Crippen MR) is 78.9 cm³/mol. The summed E-state index contributed by atoms with van der Waals surface area (Å²) in [5.41, 5.74) is 2.41. The number of benzene rings is 1. The topological polar surface area (TPSA) is 32.3 Å².